The van der Waals surface area contributed by atoms with E-state index in [0.717, 1.165) is 22.4 Å². The van der Waals surface area contributed by atoms with E-state index in [2.05, 4.69) is 20.0 Å². The Kier molecular flexibility index (Phi) is 4.84. The van der Waals surface area contributed by atoms with Crippen molar-refractivity contribution in [1.82, 2.24) is 19.3 Å². The first kappa shape index (κ1) is 17.5. The van der Waals surface area contributed by atoms with Gasteiger partial charge in [0.2, 0.25) is 5.91 Å². The normalized spacial score (nSPS) is 11.8. The van der Waals surface area contributed by atoms with Crippen molar-refractivity contribution in [2.75, 3.05) is 5.32 Å². The number of fused-ring (bicyclic) bond motifs is 1. The zero-order valence-electron chi connectivity index (χ0n) is 13.7. The Bertz CT molecular complexity index is 1020. The lowest BCUT2D eigenvalue weighted by Crippen LogP contribution is -2.24. The summed E-state index contributed by atoms with van der Waals surface area (Å²) in [7, 11) is -3.73. The predicted octanol–water partition coefficient (Wildman–Crippen LogP) is 1.95. The lowest BCUT2D eigenvalue weighted by molar-refractivity contribution is -0.114. The zero-order chi connectivity index (χ0) is 18.0. The quantitative estimate of drug-likeness (QED) is 0.681. The van der Waals surface area contributed by atoms with Gasteiger partial charge in [0.25, 0.3) is 10.0 Å². The molecule has 1 aromatic carbocycles. The van der Waals surface area contributed by atoms with Crippen molar-refractivity contribution in [3.05, 3.63) is 36.3 Å². The smallest absolute Gasteiger partial charge is 0.252 e. The predicted molar refractivity (Wildman–Crippen MR) is 95.9 cm³/mol. The standard InChI is InChI=1S/C15H17N5O3S2/c1-3-20-12-7-5-4-6-11(12)19-13(20)8-17-25(22,23)14-9-16-15(24-14)18-10(2)21/h4-7,9,17H,3,8H2,1-2H3,(H,16,18,21). The van der Waals surface area contributed by atoms with Crippen LogP contribution in [0.15, 0.2) is 34.7 Å². The maximum Gasteiger partial charge on any atom is 0.252 e. The van der Waals surface area contributed by atoms with Crippen LogP contribution in [0, 0.1) is 0 Å². The summed E-state index contributed by atoms with van der Waals surface area (Å²) >= 11 is 0.898. The largest absolute Gasteiger partial charge is 0.327 e. The van der Waals surface area contributed by atoms with E-state index in [4.69, 9.17) is 0 Å². The number of para-hydroxylation sites is 2. The van der Waals surface area contributed by atoms with E-state index < -0.39 is 10.0 Å². The highest BCUT2D eigenvalue weighted by Crippen LogP contribution is 2.23. The number of nitrogens with zero attached hydrogens (tertiary/aromatic N) is 3. The van der Waals surface area contributed by atoms with E-state index in [9.17, 15) is 13.2 Å². The Balaban J connectivity index is 1.80. The van der Waals surface area contributed by atoms with Crippen LogP contribution in [0.1, 0.15) is 19.7 Å². The van der Waals surface area contributed by atoms with Gasteiger partial charge in [0.1, 0.15) is 5.82 Å². The van der Waals surface area contributed by atoms with Crippen LogP contribution in [-0.4, -0.2) is 28.9 Å². The van der Waals surface area contributed by atoms with E-state index in [0.29, 0.717) is 12.4 Å². The lowest BCUT2D eigenvalue weighted by Gasteiger charge is -2.07. The fraction of sp³-hybridized carbons (Fsp3) is 0.267. The summed E-state index contributed by atoms with van der Waals surface area (Å²) < 4.78 is 29.4. The third-order valence-electron chi connectivity index (χ3n) is 3.50. The molecule has 0 aliphatic heterocycles. The second-order valence-electron chi connectivity index (χ2n) is 5.25. The summed E-state index contributed by atoms with van der Waals surface area (Å²) in [4.78, 5) is 19.4. The van der Waals surface area contributed by atoms with Crippen LogP contribution in [0.4, 0.5) is 5.13 Å². The molecule has 132 valence electrons. The summed E-state index contributed by atoms with van der Waals surface area (Å²) in [6.07, 6.45) is 1.22. The molecule has 0 aliphatic carbocycles. The van der Waals surface area contributed by atoms with Crippen molar-refractivity contribution < 1.29 is 13.2 Å². The molecule has 0 unspecified atom stereocenters. The molecule has 3 aromatic rings. The molecule has 0 fully saturated rings. The number of imidazole rings is 1. The lowest BCUT2D eigenvalue weighted by atomic mass is 10.3. The first-order valence-electron chi connectivity index (χ1n) is 7.58. The fourth-order valence-corrected chi connectivity index (χ4v) is 4.54. The number of sulfonamides is 1. The van der Waals surface area contributed by atoms with Crippen LogP contribution >= 0.6 is 11.3 Å². The minimum absolute atomic E-state index is 0.0374. The van der Waals surface area contributed by atoms with Crippen molar-refractivity contribution in [2.45, 2.75) is 31.1 Å². The molecule has 0 aliphatic rings. The van der Waals surface area contributed by atoms with Crippen molar-refractivity contribution >= 4 is 43.4 Å². The molecule has 3 rings (SSSR count). The van der Waals surface area contributed by atoms with Crippen molar-refractivity contribution in [1.29, 1.82) is 0 Å². The summed E-state index contributed by atoms with van der Waals surface area (Å²) in [5.41, 5.74) is 1.79. The van der Waals surface area contributed by atoms with Gasteiger partial charge < -0.3 is 9.88 Å². The molecule has 0 bridgehead atoms. The fourth-order valence-electron chi connectivity index (χ4n) is 2.44. The molecular formula is C15H17N5O3S2. The number of amides is 1. The van der Waals surface area contributed by atoms with Gasteiger partial charge in [0.15, 0.2) is 9.34 Å². The monoisotopic (exact) mass is 379 g/mol. The average molecular weight is 379 g/mol. The first-order chi connectivity index (χ1) is 11.9. The molecule has 0 saturated heterocycles. The summed E-state index contributed by atoms with van der Waals surface area (Å²) in [6.45, 7) is 4.07. The Hall–Kier alpha value is -2.30. The van der Waals surface area contributed by atoms with Crippen molar-refractivity contribution in [3.63, 3.8) is 0 Å². The Morgan fingerprint density at radius 3 is 2.80 bits per heavy atom. The molecule has 10 heteroatoms. The summed E-state index contributed by atoms with van der Waals surface area (Å²) in [6, 6.07) is 7.66. The maximum absolute atomic E-state index is 12.4. The molecule has 2 N–H and O–H groups in total. The zero-order valence-corrected chi connectivity index (χ0v) is 15.3. The number of benzene rings is 1. The van der Waals surface area contributed by atoms with E-state index in [-0.39, 0.29) is 21.8 Å². The molecular weight excluding hydrogens is 362 g/mol. The second-order valence-corrected chi connectivity index (χ2v) is 8.28. The summed E-state index contributed by atoms with van der Waals surface area (Å²) in [5.74, 6) is 0.335. The average Bonchev–Trinajstić information content (AvgIpc) is 3.16. The van der Waals surface area contributed by atoms with Gasteiger partial charge in [-0.15, -0.1) is 0 Å². The van der Waals surface area contributed by atoms with Crippen molar-refractivity contribution in [2.24, 2.45) is 0 Å². The molecule has 2 aromatic heterocycles. The number of nitrogens with one attached hydrogen (secondary N) is 2. The minimum atomic E-state index is -3.73. The summed E-state index contributed by atoms with van der Waals surface area (Å²) in [5, 5.41) is 2.71. The number of hydrogen-bond acceptors (Lipinski definition) is 6. The molecule has 0 radical (unpaired) electrons. The van der Waals surface area contributed by atoms with E-state index >= 15 is 0 Å². The molecule has 1 amide bonds. The van der Waals surface area contributed by atoms with Crippen LogP contribution in [0.3, 0.4) is 0 Å². The van der Waals surface area contributed by atoms with Gasteiger partial charge >= 0.3 is 0 Å². The van der Waals surface area contributed by atoms with E-state index in [1.807, 2.05) is 35.8 Å². The highest BCUT2D eigenvalue weighted by Gasteiger charge is 2.19. The molecule has 2 heterocycles. The number of carbonyl (C=O) groups excluding carboxylic acids is 1. The van der Waals surface area contributed by atoms with Crippen LogP contribution in [0.25, 0.3) is 11.0 Å². The second kappa shape index (κ2) is 6.90. The number of thiazole rings is 1. The van der Waals surface area contributed by atoms with Gasteiger partial charge in [-0.05, 0) is 19.1 Å². The third-order valence-corrected chi connectivity index (χ3v) is 6.28. The van der Waals surface area contributed by atoms with Crippen molar-refractivity contribution in [3.8, 4) is 0 Å². The number of rotatable bonds is 6. The Labute approximate surface area is 149 Å². The van der Waals surface area contributed by atoms with E-state index in [1.165, 1.54) is 13.1 Å². The van der Waals surface area contributed by atoms with Crippen LogP contribution < -0.4 is 10.0 Å². The van der Waals surface area contributed by atoms with Crippen LogP contribution in [-0.2, 0) is 27.9 Å². The molecule has 0 spiro atoms. The minimum Gasteiger partial charge on any atom is -0.327 e. The van der Waals surface area contributed by atoms with E-state index in [1.54, 1.807) is 0 Å². The molecule has 25 heavy (non-hydrogen) atoms. The van der Waals surface area contributed by atoms with Gasteiger partial charge in [-0.3, -0.25) is 4.79 Å². The van der Waals surface area contributed by atoms with Crippen LogP contribution in [0.5, 0.6) is 0 Å². The Morgan fingerprint density at radius 2 is 2.08 bits per heavy atom. The van der Waals surface area contributed by atoms with Gasteiger partial charge in [-0.25, -0.2) is 23.1 Å². The number of aryl methyl sites for hydroxylation is 1. The number of anilines is 1. The topological polar surface area (TPSA) is 106 Å². The Morgan fingerprint density at radius 1 is 1.32 bits per heavy atom. The number of hydrogen-bond donors (Lipinski definition) is 2. The molecule has 0 saturated carbocycles. The molecule has 8 nitrogen and oxygen atoms in total. The SMILES string of the molecule is CCn1c(CNS(=O)(=O)c2cnc(NC(C)=O)s2)nc2ccccc21. The number of carbonyl (C=O) groups is 1. The highest BCUT2D eigenvalue weighted by molar-refractivity contribution is 7.91. The van der Waals surface area contributed by atoms with Crippen LogP contribution in [0.2, 0.25) is 0 Å². The van der Waals surface area contributed by atoms with Gasteiger partial charge in [0, 0.05) is 13.5 Å². The van der Waals surface area contributed by atoms with Gasteiger partial charge in [-0.2, -0.15) is 0 Å². The maximum atomic E-state index is 12.4. The highest BCUT2D eigenvalue weighted by atomic mass is 32.2. The van der Waals surface area contributed by atoms with Gasteiger partial charge in [0.05, 0.1) is 23.8 Å². The van der Waals surface area contributed by atoms with Gasteiger partial charge in [-0.1, -0.05) is 23.5 Å². The number of aromatic nitrogens is 3. The molecule has 0 atom stereocenters. The first-order valence-corrected chi connectivity index (χ1v) is 9.88. The third kappa shape index (κ3) is 3.70.